The Morgan fingerprint density at radius 1 is 1.07 bits per heavy atom. The standard InChI is InChI=1S/C21H26FN3OS.2ClH/c22-19-4-2-1-3-18(19)20-8-7-17(27-20)14-24-9-11-25(12-10-24)21(26)15-5-6-16(23)13-15;;/h1-4,7-8,15-16H,5-6,9-14,23H2;2*1H. The van der Waals surface area contributed by atoms with E-state index in [2.05, 4.69) is 11.0 Å². The zero-order valence-corrected chi connectivity index (χ0v) is 18.7. The fourth-order valence-electron chi connectivity index (χ4n) is 4.11. The van der Waals surface area contributed by atoms with Crippen molar-refractivity contribution in [1.29, 1.82) is 0 Å². The van der Waals surface area contributed by atoms with E-state index in [1.807, 2.05) is 23.1 Å². The highest BCUT2D eigenvalue weighted by atomic mass is 35.5. The molecule has 2 N–H and O–H groups in total. The zero-order chi connectivity index (χ0) is 18.8. The topological polar surface area (TPSA) is 49.6 Å². The van der Waals surface area contributed by atoms with Gasteiger partial charge in [0.25, 0.3) is 0 Å². The molecule has 1 aromatic heterocycles. The Morgan fingerprint density at radius 2 is 1.79 bits per heavy atom. The molecule has 0 radical (unpaired) electrons. The maximum atomic E-state index is 14.0. The minimum Gasteiger partial charge on any atom is -0.340 e. The summed E-state index contributed by atoms with van der Waals surface area (Å²) in [4.78, 5) is 19.2. The van der Waals surface area contributed by atoms with Crippen molar-refractivity contribution in [3.63, 3.8) is 0 Å². The molecule has 1 saturated heterocycles. The second kappa shape index (κ2) is 10.7. The summed E-state index contributed by atoms with van der Waals surface area (Å²) in [5.41, 5.74) is 6.62. The maximum absolute atomic E-state index is 14.0. The van der Waals surface area contributed by atoms with Crippen LogP contribution < -0.4 is 5.73 Å². The largest absolute Gasteiger partial charge is 0.340 e. The summed E-state index contributed by atoms with van der Waals surface area (Å²) in [7, 11) is 0. The van der Waals surface area contributed by atoms with Gasteiger partial charge in [0.15, 0.2) is 0 Å². The second-order valence-electron chi connectivity index (χ2n) is 7.62. The molecule has 4 rings (SSSR count). The van der Waals surface area contributed by atoms with Gasteiger partial charge in [0.2, 0.25) is 5.91 Å². The van der Waals surface area contributed by atoms with E-state index in [0.717, 1.165) is 56.9 Å². The monoisotopic (exact) mass is 459 g/mol. The Bertz CT molecular complexity index is 811. The number of nitrogens with zero attached hydrogens (tertiary/aromatic N) is 2. The smallest absolute Gasteiger partial charge is 0.225 e. The van der Waals surface area contributed by atoms with Crippen LogP contribution in [0.3, 0.4) is 0 Å². The van der Waals surface area contributed by atoms with Gasteiger partial charge in [0.05, 0.1) is 0 Å². The average Bonchev–Trinajstić information content (AvgIpc) is 3.31. The molecular formula is C21H28Cl2FN3OS. The fraction of sp³-hybridized carbons (Fsp3) is 0.476. The number of halogens is 3. The van der Waals surface area contributed by atoms with Crippen molar-refractivity contribution in [3.8, 4) is 10.4 Å². The third kappa shape index (κ3) is 5.70. The fourth-order valence-corrected chi connectivity index (χ4v) is 5.19. The molecule has 0 spiro atoms. The van der Waals surface area contributed by atoms with E-state index in [1.165, 1.54) is 10.9 Å². The first-order valence-electron chi connectivity index (χ1n) is 9.70. The number of carbonyl (C=O) groups excluding carboxylic acids is 1. The first-order chi connectivity index (χ1) is 13.1. The molecule has 1 saturated carbocycles. The third-order valence-corrected chi connectivity index (χ3v) is 6.79. The van der Waals surface area contributed by atoms with Crippen LogP contribution in [0.15, 0.2) is 36.4 Å². The first kappa shape index (κ1) is 24.1. The summed E-state index contributed by atoms with van der Waals surface area (Å²) in [5.74, 6) is 0.248. The number of piperazine rings is 1. The highest BCUT2D eigenvalue weighted by Crippen LogP contribution is 2.31. The van der Waals surface area contributed by atoms with Gasteiger partial charge in [-0.15, -0.1) is 36.2 Å². The summed E-state index contributed by atoms with van der Waals surface area (Å²) in [6.07, 6.45) is 2.75. The lowest BCUT2D eigenvalue weighted by Crippen LogP contribution is -2.49. The van der Waals surface area contributed by atoms with Crippen molar-refractivity contribution in [1.82, 2.24) is 9.80 Å². The van der Waals surface area contributed by atoms with E-state index in [4.69, 9.17) is 5.73 Å². The van der Waals surface area contributed by atoms with E-state index in [-0.39, 0.29) is 42.6 Å². The number of hydrogen-bond acceptors (Lipinski definition) is 4. The number of carbonyl (C=O) groups is 1. The van der Waals surface area contributed by atoms with Crippen molar-refractivity contribution >= 4 is 42.1 Å². The van der Waals surface area contributed by atoms with Crippen LogP contribution in [0.2, 0.25) is 0 Å². The van der Waals surface area contributed by atoms with E-state index in [9.17, 15) is 9.18 Å². The van der Waals surface area contributed by atoms with Crippen LogP contribution in [0.5, 0.6) is 0 Å². The van der Waals surface area contributed by atoms with Gasteiger partial charge in [-0.1, -0.05) is 18.2 Å². The minimum absolute atomic E-state index is 0. The summed E-state index contributed by atoms with van der Waals surface area (Å²) >= 11 is 1.65. The SMILES string of the molecule is Cl.Cl.NC1CCC(C(=O)N2CCN(Cc3ccc(-c4ccccc4F)s3)CC2)C1. The molecule has 2 atom stereocenters. The number of benzene rings is 1. The van der Waals surface area contributed by atoms with Crippen LogP contribution in [-0.4, -0.2) is 47.9 Å². The van der Waals surface area contributed by atoms with Crippen LogP contribution in [0, 0.1) is 11.7 Å². The van der Waals surface area contributed by atoms with Crippen LogP contribution >= 0.6 is 36.2 Å². The quantitative estimate of drug-likeness (QED) is 0.745. The molecule has 29 heavy (non-hydrogen) atoms. The Labute approximate surface area is 188 Å². The molecule has 1 aromatic carbocycles. The Kier molecular flexibility index (Phi) is 8.91. The number of amides is 1. The summed E-state index contributed by atoms with van der Waals surface area (Å²) in [6.45, 7) is 4.20. The predicted octanol–water partition coefficient (Wildman–Crippen LogP) is 4.17. The van der Waals surface area contributed by atoms with Crippen molar-refractivity contribution in [2.75, 3.05) is 26.2 Å². The van der Waals surface area contributed by atoms with Crippen LogP contribution in [-0.2, 0) is 11.3 Å². The maximum Gasteiger partial charge on any atom is 0.225 e. The Balaban J connectivity index is 0.00000150. The van der Waals surface area contributed by atoms with Gasteiger partial charge in [0.1, 0.15) is 5.82 Å². The molecule has 2 unspecified atom stereocenters. The van der Waals surface area contributed by atoms with E-state index in [0.29, 0.717) is 11.5 Å². The zero-order valence-electron chi connectivity index (χ0n) is 16.3. The average molecular weight is 460 g/mol. The molecule has 2 fully saturated rings. The van der Waals surface area contributed by atoms with Crippen molar-refractivity contribution in [3.05, 3.63) is 47.1 Å². The molecule has 2 aliphatic rings. The van der Waals surface area contributed by atoms with Gasteiger partial charge in [-0.25, -0.2) is 4.39 Å². The molecule has 1 aliphatic carbocycles. The van der Waals surface area contributed by atoms with E-state index >= 15 is 0 Å². The van der Waals surface area contributed by atoms with Gasteiger partial charge in [-0.05, 0) is 37.5 Å². The van der Waals surface area contributed by atoms with Crippen LogP contribution in [0.1, 0.15) is 24.1 Å². The van der Waals surface area contributed by atoms with Crippen LogP contribution in [0.4, 0.5) is 4.39 Å². The van der Waals surface area contributed by atoms with Crippen LogP contribution in [0.25, 0.3) is 10.4 Å². The minimum atomic E-state index is -0.176. The molecule has 8 heteroatoms. The van der Waals surface area contributed by atoms with E-state index in [1.54, 1.807) is 17.4 Å². The molecule has 2 aromatic rings. The summed E-state index contributed by atoms with van der Waals surface area (Å²) < 4.78 is 14.0. The second-order valence-corrected chi connectivity index (χ2v) is 8.79. The van der Waals surface area contributed by atoms with Gasteiger partial charge >= 0.3 is 0 Å². The van der Waals surface area contributed by atoms with Gasteiger partial charge in [-0.3, -0.25) is 9.69 Å². The molecule has 4 nitrogen and oxygen atoms in total. The highest BCUT2D eigenvalue weighted by molar-refractivity contribution is 7.15. The molecule has 1 amide bonds. The van der Waals surface area contributed by atoms with Gasteiger partial charge in [0, 0.05) is 60.0 Å². The molecule has 2 heterocycles. The van der Waals surface area contributed by atoms with Crippen molar-refractivity contribution < 1.29 is 9.18 Å². The summed E-state index contributed by atoms with van der Waals surface area (Å²) in [6, 6.07) is 11.2. The number of nitrogens with two attached hydrogens (primary N) is 1. The van der Waals surface area contributed by atoms with E-state index < -0.39 is 0 Å². The Hall–Kier alpha value is -1.18. The lowest BCUT2D eigenvalue weighted by atomic mass is 10.1. The number of thiophene rings is 1. The predicted molar refractivity (Wildman–Crippen MR) is 121 cm³/mol. The molecular weight excluding hydrogens is 432 g/mol. The highest BCUT2D eigenvalue weighted by Gasteiger charge is 2.32. The molecule has 0 bridgehead atoms. The molecule has 1 aliphatic heterocycles. The van der Waals surface area contributed by atoms with Gasteiger partial charge in [-0.2, -0.15) is 0 Å². The van der Waals surface area contributed by atoms with Crippen molar-refractivity contribution in [2.24, 2.45) is 11.7 Å². The van der Waals surface area contributed by atoms with Crippen molar-refractivity contribution in [2.45, 2.75) is 31.8 Å². The lowest BCUT2D eigenvalue weighted by Gasteiger charge is -2.35. The number of rotatable bonds is 4. The lowest BCUT2D eigenvalue weighted by molar-refractivity contribution is -0.137. The Morgan fingerprint density at radius 3 is 2.45 bits per heavy atom. The number of hydrogen-bond donors (Lipinski definition) is 1. The third-order valence-electron chi connectivity index (χ3n) is 5.69. The normalized spacial score (nSPS) is 22.1. The summed E-state index contributed by atoms with van der Waals surface area (Å²) in [5, 5.41) is 0. The molecule has 160 valence electrons. The first-order valence-corrected chi connectivity index (χ1v) is 10.5. The van der Waals surface area contributed by atoms with Gasteiger partial charge < -0.3 is 10.6 Å².